The van der Waals surface area contributed by atoms with Gasteiger partial charge >= 0.3 is 5.97 Å². The highest BCUT2D eigenvalue weighted by atomic mass is 32.2. The predicted octanol–water partition coefficient (Wildman–Crippen LogP) is 2.50. The van der Waals surface area contributed by atoms with E-state index < -0.39 is 28.3 Å². The lowest BCUT2D eigenvalue weighted by molar-refractivity contribution is -0.138. The zero-order valence-electron chi connectivity index (χ0n) is 10.4. The fourth-order valence-corrected chi connectivity index (χ4v) is 1.77. The van der Waals surface area contributed by atoms with Crippen molar-refractivity contribution in [2.75, 3.05) is 11.1 Å². The van der Waals surface area contributed by atoms with Gasteiger partial charge in [0.1, 0.15) is 16.4 Å². The van der Waals surface area contributed by atoms with E-state index in [1.165, 1.54) is 13.8 Å². The van der Waals surface area contributed by atoms with Gasteiger partial charge in [0.2, 0.25) is 5.91 Å². The van der Waals surface area contributed by atoms with Gasteiger partial charge in [0.15, 0.2) is 0 Å². The van der Waals surface area contributed by atoms with Crippen LogP contribution >= 0.6 is 11.8 Å². The predicted molar refractivity (Wildman–Crippen MR) is 69.2 cm³/mol. The lowest BCUT2D eigenvalue weighted by Crippen LogP contribution is -2.29. The number of aliphatic carboxylic acids is 1. The molecule has 0 aliphatic heterocycles. The number of benzene rings is 1. The zero-order valence-corrected chi connectivity index (χ0v) is 11.2. The third-order valence-electron chi connectivity index (χ3n) is 2.28. The van der Waals surface area contributed by atoms with Gasteiger partial charge in [0, 0.05) is 6.07 Å². The average molecular weight is 289 g/mol. The molecule has 0 saturated heterocycles. The van der Waals surface area contributed by atoms with E-state index in [1.54, 1.807) is 0 Å². The molecule has 104 valence electrons. The van der Waals surface area contributed by atoms with E-state index in [9.17, 15) is 18.4 Å². The molecular weight excluding hydrogens is 276 g/mol. The molecule has 19 heavy (non-hydrogen) atoms. The van der Waals surface area contributed by atoms with Crippen LogP contribution in [0.4, 0.5) is 14.5 Å². The van der Waals surface area contributed by atoms with Crippen LogP contribution in [0.2, 0.25) is 0 Å². The first-order chi connectivity index (χ1) is 8.72. The Morgan fingerprint density at radius 2 is 2.00 bits per heavy atom. The van der Waals surface area contributed by atoms with Crippen LogP contribution in [0, 0.1) is 11.6 Å². The van der Waals surface area contributed by atoms with Crippen molar-refractivity contribution in [2.45, 2.75) is 18.6 Å². The second-order valence-corrected chi connectivity index (χ2v) is 5.87. The van der Waals surface area contributed by atoms with Crippen LogP contribution in [-0.2, 0) is 9.59 Å². The molecule has 0 heterocycles. The number of carboxylic acids is 1. The molecule has 7 heteroatoms. The second kappa shape index (κ2) is 6.01. The maximum Gasteiger partial charge on any atom is 0.319 e. The first-order valence-corrected chi connectivity index (χ1v) is 6.33. The lowest BCUT2D eigenvalue weighted by atomic mass is 10.2. The third-order valence-corrected chi connectivity index (χ3v) is 3.59. The molecule has 0 spiro atoms. The van der Waals surface area contributed by atoms with Gasteiger partial charge in [-0.05, 0) is 26.0 Å². The average Bonchev–Trinajstić information content (AvgIpc) is 2.30. The Kier molecular flexibility index (Phi) is 4.88. The fraction of sp³-hybridized carbons (Fsp3) is 0.333. The Morgan fingerprint density at radius 3 is 2.53 bits per heavy atom. The van der Waals surface area contributed by atoms with E-state index in [0.29, 0.717) is 6.07 Å². The monoisotopic (exact) mass is 289 g/mol. The SMILES string of the molecule is CC(C)(SCC(=O)Nc1ccc(F)cc1F)C(=O)O. The van der Waals surface area contributed by atoms with Crippen molar-refractivity contribution in [3.63, 3.8) is 0 Å². The van der Waals surface area contributed by atoms with E-state index in [-0.39, 0.29) is 11.4 Å². The van der Waals surface area contributed by atoms with Crippen molar-refractivity contribution in [3.05, 3.63) is 29.8 Å². The van der Waals surface area contributed by atoms with Gasteiger partial charge < -0.3 is 10.4 Å². The molecule has 0 radical (unpaired) electrons. The molecule has 0 aromatic heterocycles. The minimum Gasteiger partial charge on any atom is -0.480 e. The Bertz CT molecular complexity index is 506. The molecule has 1 aromatic rings. The molecule has 4 nitrogen and oxygen atoms in total. The number of halogens is 2. The van der Waals surface area contributed by atoms with Gasteiger partial charge in [0.25, 0.3) is 0 Å². The van der Waals surface area contributed by atoms with Crippen molar-refractivity contribution in [1.29, 1.82) is 0 Å². The number of hydrogen-bond donors (Lipinski definition) is 2. The lowest BCUT2D eigenvalue weighted by Gasteiger charge is -2.17. The van der Waals surface area contributed by atoms with Crippen LogP contribution < -0.4 is 5.32 Å². The van der Waals surface area contributed by atoms with Crippen LogP contribution in [0.1, 0.15) is 13.8 Å². The smallest absolute Gasteiger partial charge is 0.319 e. The van der Waals surface area contributed by atoms with Gasteiger partial charge in [-0.25, -0.2) is 8.78 Å². The molecule has 0 saturated carbocycles. The van der Waals surface area contributed by atoms with E-state index in [1.807, 2.05) is 0 Å². The van der Waals surface area contributed by atoms with Crippen LogP contribution in [0.3, 0.4) is 0 Å². The van der Waals surface area contributed by atoms with Crippen LogP contribution in [-0.4, -0.2) is 27.5 Å². The molecule has 0 aliphatic carbocycles. The highest BCUT2D eigenvalue weighted by molar-refractivity contribution is 8.02. The number of thioether (sulfide) groups is 1. The van der Waals surface area contributed by atoms with Crippen molar-refractivity contribution in [3.8, 4) is 0 Å². The number of rotatable bonds is 5. The largest absolute Gasteiger partial charge is 0.480 e. The minimum atomic E-state index is -1.11. The fourth-order valence-electron chi connectivity index (χ4n) is 1.08. The van der Waals surface area contributed by atoms with Gasteiger partial charge in [-0.15, -0.1) is 11.8 Å². The van der Waals surface area contributed by atoms with Crippen LogP contribution in [0.15, 0.2) is 18.2 Å². The minimum absolute atomic E-state index is 0.139. The van der Waals surface area contributed by atoms with Crippen LogP contribution in [0.25, 0.3) is 0 Å². The summed E-state index contributed by atoms with van der Waals surface area (Å²) >= 11 is 0.915. The summed E-state index contributed by atoms with van der Waals surface area (Å²) in [7, 11) is 0. The molecule has 2 N–H and O–H groups in total. The van der Waals surface area contributed by atoms with Crippen molar-refractivity contribution >= 4 is 29.3 Å². The zero-order chi connectivity index (χ0) is 14.6. The summed E-state index contributed by atoms with van der Waals surface area (Å²) in [5.41, 5.74) is -0.139. The molecular formula is C12H13F2NO3S. The molecule has 0 bridgehead atoms. The number of carbonyl (C=O) groups is 2. The van der Waals surface area contributed by atoms with E-state index in [4.69, 9.17) is 5.11 Å². The quantitative estimate of drug-likeness (QED) is 0.874. The van der Waals surface area contributed by atoms with Crippen molar-refractivity contribution < 1.29 is 23.5 Å². The first kappa shape index (κ1) is 15.4. The number of carboxylic acid groups (broad SMARTS) is 1. The normalized spacial score (nSPS) is 11.2. The maximum atomic E-state index is 13.3. The van der Waals surface area contributed by atoms with E-state index in [2.05, 4.69) is 5.32 Å². The maximum absolute atomic E-state index is 13.3. The number of amides is 1. The molecule has 0 aliphatic rings. The summed E-state index contributed by atoms with van der Waals surface area (Å²) in [5, 5.41) is 11.1. The number of nitrogens with one attached hydrogen (secondary N) is 1. The standard InChI is InChI=1S/C12H13F2NO3S/c1-12(2,11(17)18)19-6-10(16)15-9-4-3-7(13)5-8(9)14/h3-5H,6H2,1-2H3,(H,15,16)(H,17,18). The first-order valence-electron chi connectivity index (χ1n) is 5.34. The molecule has 0 fully saturated rings. The summed E-state index contributed by atoms with van der Waals surface area (Å²) in [4.78, 5) is 22.4. The molecule has 0 atom stereocenters. The Hall–Kier alpha value is -1.63. The second-order valence-electron chi connectivity index (χ2n) is 4.28. The molecule has 1 rings (SSSR count). The number of hydrogen-bond acceptors (Lipinski definition) is 3. The molecule has 0 unspecified atom stereocenters. The van der Waals surface area contributed by atoms with Gasteiger partial charge in [-0.1, -0.05) is 0 Å². The van der Waals surface area contributed by atoms with Crippen LogP contribution in [0.5, 0.6) is 0 Å². The molecule has 1 aromatic carbocycles. The Balaban J connectivity index is 2.59. The highest BCUT2D eigenvalue weighted by Gasteiger charge is 2.28. The van der Waals surface area contributed by atoms with Crippen molar-refractivity contribution in [2.24, 2.45) is 0 Å². The van der Waals surface area contributed by atoms with Crippen molar-refractivity contribution in [1.82, 2.24) is 0 Å². The molecule has 1 amide bonds. The Labute approximate surface area is 113 Å². The summed E-state index contributed by atoms with van der Waals surface area (Å²) in [6.07, 6.45) is 0. The van der Waals surface area contributed by atoms with Gasteiger partial charge in [-0.3, -0.25) is 9.59 Å². The Morgan fingerprint density at radius 1 is 1.37 bits per heavy atom. The number of carbonyl (C=O) groups excluding carboxylic acids is 1. The van der Waals surface area contributed by atoms with E-state index in [0.717, 1.165) is 23.9 Å². The van der Waals surface area contributed by atoms with Gasteiger partial charge in [0.05, 0.1) is 11.4 Å². The third kappa shape index (κ3) is 4.51. The van der Waals surface area contributed by atoms with Gasteiger partial charge in [-0.2, -0.15) is 0 Å². The summed E-state index contributed by atoms with van der Waals surface area (Å²) in [6, 6.07) is 2.78. The topological polar surface area (TPSA) is 66.4 Å². The van der Waals surface area contributed by atoms with E-state index >= 15 is 0 Å². The summed E-state index contributed by atoms with van der Waals surface area (Å²) < 4.78 is 24.8. The summed E-state index contributed by atoms with van der Waals surface area (Å²) in [6.45, 7) is 2.93. The number of anilines is 1. The highest BCUT2D eigenvalue weighted by Crippen LogP contribution is 2.24. The summed E-state index contributed by atoms with van der Waals surface area (Å²) in [5.74, 6) is -3.35.